The first-order chi connectivity index (χ1) is 14.0. The lowest BCUT2D eigenvalue weighted by Crippen LogP contribution is -2.52. The van der Waals surface area contributed by atoms with Gasteiger partial charge in [0.05, 0.1) is 12.7 Å². The van der Waals surface area contributed by atoms with Gasteiger partial charge in [0.1, 0.15) is 11.1 Å². The highest BCUT2D eigenvalue weighted by Gasteiger charge is 2.36. The number of nitrogens with one attached hydrogen (secondary N) is 1. The van der Waals surface area contributed by atoms with Gasteiger partial charge in [0.15, 0.2) is 6.10 Å². The standard InChI is InChI=1S/C22H26N2O5/c1-3-27-13-17-16-9-5-6-10-18(16)29-19(17)21(26)28-15(2)20(25)24-22(14-23)11-7-4-8-12-22/h5-6,9-10,15H,3-4,7-8,11-13H2,1-2H3,(H,24,25)/t15-/m1/s1. The summed E-state index contributed by atoms with van der Waals surface area (Å²) in [5, 5.41) is 13.1. The summed E-state index contributed by atoms with van der Waals surface area (Å²) < 4.78 is 16.5. The number of hydrogen-bond acceptors (Lipinski definition) is 6. The van der Waals surface area contributed by atoms with Crippen LogP contribution in [0.4, 0.5) is 0 Å². The SMILES string of the molecule is CCOCc1c(C(=O)O[C@H](C)C(=O)NC2(C#N)CCCCC2)oc2ccccc12. The van der Waals surface area contributed by atoms with Crippen LogP contribution in [0.15, 0.2) is 28.7 Å². The van der Waals surface area contributed by atoms with E-state index in [4.69, 9.17) is 13.9 Å². The zero-order valence-electron chi connectivity index (χ0n) is 16.8. The van der Waals surface area contributed by atoms with Crippen LogP contribution in [-0.4, -0.2) is 30.1 Å². The van der Waals surface area contributed by atoms with Crippen LogP contribution in [0.25, 0.3) is 11.0 Å². The molecule has 1 saturated carbocycles. The number of hydrogen-bond donors (Lipinski definition) is 1. The summed E-state index contributed by atoms with van der Waals surface area (Å²) in [5.74, 6) is -1.18. The second-order valence-electron chi connectivity index (χ2n) is 7.33. The first-order valence-electron chi connectivity index (χ1n) is 10.0. The normalized spacial score (nSPS) is 16.7. The van der Waals surface area contributed by atoms with E-state index in [0.29, 0.717) is 30.6 Å². The number of carbonyl (C=O) groups excluding carboxylic acids is 2. The van der Waals surface area contributed by atoms with Crippen LogP contribution in [-0.2, 0) is 20.9 Å². The number of carbonyl (C=O) groups is 2. The maximum absolute atomic E-state index is 12.7. The van der Waals surface area contributed by atoms with Crippen molar-refractivity contribution in [3.63, 3.8) is 0 Å². The van der Waals surface area contributed by atoms with Gasteiger partial charge in [0, 0.05) is 17.6 Å². The molecule has 0 spiro atoms. The first-order valence-corrected chi connectivity index (χ1v) is 10.0. The molecule has 1 heterocycles. The Morgan fingerprint density at radius 3 is 2.69 bits per heavy atom. The third-order valence-corrected chi connectivity index (χ3v) is 5.27. The van der Waals surface area contributed by atoms with Gasteiger partial charge in [-0.1, -0.05) is 37.5 Å². The van der Waals surface area contributed by atoms with Gasteiger partial charge >= 0.3 is 5.97 Å². The van der Waals surface area contributed by atoms with E-state index in [-0.39, 0.29) is 12.4 Å². The van der Waals surface area contributed by atoms with Crippen molar-refractivity contribution in [2.75, 3.05) is 6.61 Å². The van der Waals surface area contributed by atoms with Crippen molar-refractivity contribution in [2.24, 2.45) is 0 Å². The van der Waals surface area contributed by atoms with E-state index < -0.39 is 23.5 Å². The monoisotopic (exact) mass is 398 g/mol. The highest BCUT2D eigenvalue weighted by atomic mass is 16.6. The van der Waals surface area contributed by atoms with Crippen molar-refractivity contribution >= 4 is 22.8 Å². The molecule has 0 bridgehead atoms. The summed E-state index contributed by atoms with van der Waals surface area (Å²) in [5.41, 5.74) is 0.271. The van der Waals surface area contributed by atoms with Crippen LogP contribution in [0.1, 0.15) is 62.1 Å². The Morgan fingerprint density at radius 1 is 1.28 bits per heavy atom. The maximum atomic E-state index is 12.7. The minimum absolute atomic E-state index is 0.0342. The summed E-state index contributed by atoms with van der Waals surface area (Å²) >= 11 is 0. The Labute approximate surface area is 170 Å². The van der Waals surface area contributed by atoms with E-state index in [1.165, 1.54) is 6.92 Å². The maximum Gasteiger partial charge on any atom is 0.375 e. The van der Waals surface area contributed by atoms with Crippen molar-refractivity contribution in [2.45, 2.75) is 64.2 Å². The Hall–Kier alpha value is -2.85. The summed E-state index contributed by atoms with van der Waals surface area (Å²) in [6.45, 7) is 4.05. The molecule has 1 aliphatic rings. The molecule has 0 saturated heterocycles. The van der Waals surface area contributed by atoms with Gasteiger partial charge < -0.3 is 19.2 Å². The van der Waals surface area contributed by atoms with E-state index in [1.807, 2.05) is 25.1 Å². The number of nitriles is 1. The third-order valence-electron chi connectivity index (χ3n) is 5.27. The lowest BCUT2D eigenvalue weighted by molar-refractivity contribution is -0.130. The van der Waals surface area contributed by atoms with Crippen LogP contribution in [0.3, 0.4) is 0 Å². The molecule has 0 unspecified atom stereocenters. The van der Waals surface area contributed by atoms with E-state index in [0.717, 1.165) is 24.6 Å². The molecule has 1 atom stereocenters. The molecule has 0 aliphatic heterocycles. The van der Waals surface area contributed by atoms with E-state index in [2.05, 4.69) is 11.4 Å². The smallest absolute Gasteiger partial charge is 0.375 e. The van der Waals surface area contributed by atoms with Crippen LogP contribution in [0, 0.1) is 11.3 Å². The predicted molar refractivity (Wildman–Crippen MR) is 106 cm³/mol. The lowest BCUT2D eigenvalue weighted by atomic mass is 9.83. The van der Waals surface area contributed by atoms with Crippen LogP contribution in [0.5, 0.6) is 0 Å². The minimum atomic E-state index is -1.05. The Morgan fingerprint density at radius 2 is 2.00 bits per heavy atom. The predicted octanol–water partition coefficient (Wildman–Crippen LogP) is 3.86. The lowest BCUT2D eigenvalue weighted by Gasteiger charge is -2.32. The molecule has 0 radical (unpaired) electrons. The Balaban J connectivity index is 1.74. The molecular weight excluding hydrogens is 372 g/mol. The fraction of sp³-hybridized carbons (Fsp3) is 0.500. The van der Waals surface area contributed by atoms with Crippen molar-refractivity contribution in [1.29, 1.82) is 5.26 Å². The van der Waals surface area contributed by atoms with Crippen LogP contribution >= 0.6 is 0 Å². The van der Waals surface area contributed by atoms with Crippen LogP contribution in [0.2, 0.25) is 0 Å². The average Bonchev–Trinajstić information content (AvgIpc) is 3.11. The summed E-state index contributed by atoms with van der Waals surface area (Å²) in [4.78, 5) is 25.3. The fourth-order valence-corrected chi connectivity index (χ4v) is 3.64. The van der Waals surface area contributed by atoms with E-state index in [1.54, 1.807) is 6.07 Å². The van der Waals surface area contributed by atoms with Crippen LogP contribution < -0.4 is 5.32 Å². The van der Waals surface area contributed by atoms with Gasteiger partial charge in [-0.2, -0.15) is 5.26 Å². The number of esters is 1. The zero-order chi connectivity index (χ0) is 20.9. The second kappa shape index (κ2) is 9.10. The molecule has 3 rings (SSSR count). The minimum Gasteiger partial charge on any atom is -0.449 e. The third kappa shape index (κ3) is 4.60. The first kappa shape index (κ1) is 20.9. The molecule has 2 aromatic rings. The number of amides is 1. The highest BCUT2D eigenvalue weighted by molar-refractivity contribution is 5.97. The van der Waals surface area contributed by atoms with Gasteiger partial charge in [0.25, 0.3) is 5.91 Å². The molecule has 154 valence electrons. The number of ether oxygens (including phenoxy) is 2. The van der Waals surface area contributed by atoms with Gasteiger partial charge in [-0.3, -0.25) is 4.79 Å². The molecular formula is C22H26N2O5. The van der Waals surface area contributed by atoms with E-state index in [9.17, 15) is 14.9 Å². The van der Waals surface area contributed by atoms with Gasteiger partial charge in [0.2, 0.25) is 5.76 Å². The summed E-state index contributed by atoms with van der Waals surface area (Å²) in [6.07, 6.45) is 3.00. The quantitative estimate of drug-likeness (QED) is 0.711. The van der Waals surface area contributed by atoms with Crippen molar-refractivity contribution in [3.05, 3.63) is 35.6 Å². The molecule has 7 nitrogen and oxygen atoms in total. The molecule has 1 fully saturated rings. The van der Waals surface area contributed by atoms with E-state index >= 15 is 0 Å². The number of fused-ring (bicyclic) bond motifs is 1. The highest BCUT2D eigenvalue weighted by Crippen LogP contribution is 2.29. The second-order valence-corrected chi connectivity index (χ2v) is 7.33. The van der Waals surface area contributed by atoms with Crippen molar-refractivity contribution in [1.82, 2.24) is 5.32 Å². The van der Waals surface area contributed by atoms with Gasteiger partial charge in [-0.15, -0.1) is 0 Å². The Kier molecular flexibility index (Phi) is 6.55. The molecule has 1 aromatic carbocycles. The molecule has 1 aromatic heterocycles. The average molecular weight is 398 g/mol. The van der Waals surface area contributed by atoms with Crippen molar-refractivity contribution in [3.8, 4) is 6.07 Å². The fourth-order valence-electron chi connectivity index (χ4n) is 3.64. The van der Waals surface area contributed by atoms with Gasteiger partial charge in [-0.25, -0.2) is 4.79 Å². The molecule has 1 N–H and O–H groups in total. The molecule has 29 heavy (non-hydrogen) atoms. The van der Waals surface area contributed by atoms with Crippen molar-refractivity contribution < 1.29 is 23.5 Å². The molecule has 7 heteroatoms. The zero-order valence-corrected chi connectivity index (χ0v) is 16.8. The number of nitrogens with zero attached hydrogens (tertiary/aromatic N) is 1. The number of rotatable bonds is 7. The largest absolute Gasteiger partial charge is 0.449 e. The number of benzene rings is 1. The Bertz CT molecular complexity index is 921. The number of para-hydroxylation sites is 1. The van der Waals surface area contributed by atoms with Gasteiger partial charge in [-0.05, 0) is 32.8 Å². The molecule has 1 amide bonds. The summed E-state index contributed by atoms with van der Waals surface area (Å²) in [6, 6.07) is 9.50. The summed E-state index contributed by atoms with van der Waals surface area (Å²) in [7, 11) is 0. The number of furan rings is 1. The topological polar surface area (TPSA) is 102 Å². The molecule has 1 aliphatic carbocycles.